The summed E-state index contributed by atoms with van der Waals surface area (Å²) in [6.07, 6.45) is 0. The standard InChI is InChI=1S/C19H18FN3O3/c1-13-3-5-14(6-4-13)11-22(2)17(24)12-23-19(25)26-18(21-23)15-7-9-16(20)10-8-15/h3-10H,11-12H2,1-2H3. The smallest absolute Gasteiger partial charge is 0.388 e. The van der Waals surface area contributed by atoms with Crippen LogP contribution in [0.1, 0.15) is 11.1 Å². The highest BCUT2D eigenvalue weighted by Crippen LogP contribution is 2.15. The van der Waals surface area contributed by atoms with Gasteiger partial charge in [-0.3, -0.25) is 4.79 Å². The average Bonchev–Trinajstić information content (AvgIpc) is 2.98. The molecule has 26 heavy (non-hydrogen) atoms. The molecule has 0 N–H and O–H groups in total. The van der Waals surface area contributed by atoms with E-state index in [-0.39, 0.29) is 18.3 Å². The summed E-state index contributed by atoms with van der Waals surface area (Å²) < 4.78 is 19.0. The maximum Gasteiger partial charge on any atom is 0.437 e. The summed E-state index contributed by atoms with van der Waals surface area (Å²) in [6, 6.07) is 13.3. The van der Waals surface area contributed by atoms with Gasteiger partial charge in [-0.25, -0.2) is 9.18 Å². The molecule has 0 atom stereocenters. The van der Waals surface area contributed by atoms with Gasteiger partial charge in [-0.15, -0.1) is 5.10 Å². The Bertz CT molecular complexity index is 959. The minimum absolute atomic E-state index is 0.0454. The molecule has 0 aliphatic rings. The molecule has 1 heterocycles. The summed E-state index contributed by atoms with van der Waals surface area (Å²) >= 11 is 0. The summed E-state index contributed by atoms with van der Waals surface area (Å²) in [6.45, 7) is 2.19. The fourth-order valence-electron chi connectivity index (χ4n) is 2.42. The zero-order valence-electron chi connectivity index (χ0n) is 14.5. The minimum atomic E-state index is -0.735. The molecule has 0 radical (unpaired) electrons. The van der Waals surface area contributed by atoms with Crippen molar-refractivity contribution in [3.63, 3.8) is 0 Å². The first-order valence-corrected chi connectivity index (χ1v) is 8.06. The predicted molar refractivity (Wildman–Crippen MR) is 93.8 cm³/mol. The number of hydrogen-bond donors (Lipinski definition) is 0. The lowest BCUT2D eigenvalue weighted by Gasteiger charge is -2.16. The van der Waals surface area contributed by atoms with Crippen LogP contribution in [-0.2, 0) is 17.9 Å². The Labute approximate surface area is 149 Å². The van der Waals surface area contributed by atoms with Gasteiger partial charge in [-0.2, -0.15) is 4.68 Å². The number of rotatable bonds is 5. The first kappa shape index (κ1) is 17.6. The summed E-state index contributed by atoms with van der Waals surface area (Å²) in [5.74, 6) is -1.36. The molecule has 2 aromatic carbocycles. The largest absolute Gasteiger partial charge is 0.437 e. The van der Waals surface area contributed by atoms with Crippen LogP contribution >= 0.6 is 0 Å². The highest BCUT2D eigenvalue weighted by Gasteiger charge is 2.16. The van der Waals surface area contributed by atoms with Crippen LogP contribution in [0.15, 0.2) is 57.7 Å². The maximum atomic E-state index is 13.0. The van der Waals surface area contributed by atoms with Crippen LogP contribution in [-0.4, -0.2) is 27.6 Å². The number of aryl methyl sites for hydroxylation is 1. The van der Waals surface area contributed by atoms with E-state index in [1.54, 1.807) is 7.05 Å². The van der Waals surface area contributed by atoms with Crippen molar-refractivity contribution in [3.05, 3.63) is 76.0 Å². The van der Waals surface area contributed by atoms with E-state index in [9.17, 15) is 14.0 Å². The number of benzene rings is 2. The molecule has 0 saturated heterocycles. The summed E-state index contributed by atoms with van der Waals surface area (Å²) in [4.78, 5) is 25.8. The van der Waals surface area contributed by atoms with E-state index < -0.39 is 11.6 Å². The number of carbonyl (C=O) groups is 1. The fraction of sp³-hybridized carbons (Fsp3) is 0.211. The number of aromatic nitrogens is 2. The molecule has 0 unspecified atom stereocenters. The van der Waals surface area contributed by atoms with Gasteiger partial charge in [-0.1, -0.05) is 29.8 Å². The number of carbonyl (C=O) groups excluding carboxylic acids is 1. The van der Waals surface area contributed by atoms with Gasteiger partial charge in [0.05, 0.1) is 0 Å². The molecule has 0 aliphatic carbocycles. The van der Waals surface area contributed by atoms with Gasteiger partial charge in [-0.05, 0) is 36.8 Å². The van der Waals surface area contributed by atoms with Gasteiger partial charge in [0, 0.05) is 19.2 Å². The third-order valence-electron chi connectivity index (χ3n) is 3.95. The lowest BCUT2D eigenvalue weighted by atomic mass is 10.1. The predicted octanol–water partition coefficient (Wildman–Crippen LogP) is 2.61. The Hall–Kier alpha value is -3.22. The van der Waals surface area contributed by atoms with Gasteiger partial charge < -0.3 is 9.32 Å². The van der Waals surface area contributed by atoms with E-state index >= 15 is 0 Å². The Kier molecular flexibility index (Phi) is 4.97. The van der Waals surface area contributed by atoms with Crippen LogP contribution in [0.2, 0.25) is 0 Å². The van der Waals surface area contributed by atoms with E-state index in [1.165, 1.54) is 29.2 Å². The SMILES string of the molecule is Cc1ccc(CN(C)C(=O)Cn2nc(-c3ccc(F)cc3)oc2=O)cc1. The molecule has 6 nitrogen and oxygen atoms in total. The molecule has 1 aromatic heterocycles. The van der Waals surface area contributed by atoms with Crippen LogP contribution in [0.4, 0.5) is 4.39 Å². The van der Waals surface area contributed by atoms with Crippen molar-refractivity contribution in [2.45, 2.75) is 20.0 Å². The van der Waals surface area contributed by atoms with Crippen molar-refractivity contribution in [1.82, 2.24) is 14.7 Å². The monoisotopic (exact) mass is 355 g/mol. The molecule has 0 bridgehead atoms. The zero-order chi connectivity index (χ0) is 18.7. The molecule has 0 aliphatic heterocycles. The second kappa shape index (κ2) is 7.35. The van der Waals surface area contributed by atoms with E-state index in [0.29, 0.717) is 12.1 Å². The van der Waals surface area contributed by atoms with Crippen molar-refractivity contribution in [2.24, 2.45) is 0 Å². The van der Waals surface area contributed by atoms with Gasteiger partial charge in [0.2, 0.25) is 11.8 Å². The highest BCUT2D eigenvalue weighted by molar-refractivity contribution is 5.75. The first-order chi connectivity index (χ1) is 12.4. The van der Waals surface area contributed by atoms with E-state index in [1.807, 2.05) is 31.2 Å². The fourth-order valence-corrected chi connectivity index (χ4v) is 2.42. The van der Waals surface area contributed by atoms with Crippen LogP contribution in [0, 0.1) is 12.7 Å². The molecule has 0 fully saturated rings. The number of nitrogens with zero attached hydrogens (tertiary/aromatic N) is 3. The topological polar surface area (TPSA) is 68.3 Å². The summed E-state index contributed by atoms with van der Waals surface area (Å²) in [7, 11) is 1.66. The Balaban J connectivity index is 1.70. The van der Waals surface area contributed by atoms with Crippen molar-refractivity contribution >= 4 is 5.91 Å². The molecular formula is C19H18FN3O3. The van der Waals surface area contributed by atoms with Gasteiger partial charge in [0.15, 0.2) is 0 Å². The van der Waals surface area contributed by atoms with Crippen molar-refractivity contribution in [3.8, 4) is 11.5 Å². The first-order valence-electron chi connectivity index (χ1n) is 8.06. The van der Waals surface area contributed by atoms with E-state index in [2.05, 4.69) is 5.10 Å². The number of hydrogen-bond acceptors (Lipinski definition) is 4. The number of halogens is 1. The highest BCUT2D eigenvalue weighted by atomic mass is 19.1. The Morgan fingerprint density at radius 3 is 2.46 bits per heavy atom. The molecule has 7 heteroatoms. The summed E-state index contributed by atoms with van der Waals surface area (Å²) in [5, 5.41) is 4.02. The van der Waals surface area contributed by atoms with Crippen LogP contribution in [0.25, 0.3) is 11.5 Å². The van der Waals surface area contributed by atoms with Crippen molar-refractivity contribution in [1.29, 1.82) is 0 Å². The Morgan fingerprint density at radius 1 is 1.15 bits per heavy atom. The van der Waals surface area contributed by atoms with Crippen LogP contribution in [0.3, 0.4) is 0 Å². The Morgan fingerprint density at radius 2 is 1.81 bits per heavy atom. The molecule has 3 rings (SSSR count). The second-order valence-electron chi connectivity index (χ2n) is 6.07. The minimum Gasteiger partial charge on any atom is -0.388 e. The van der Waals surface area contributed by atoms with Gasteiger partial charge >= 0.3 is 5.76 Å². The van der Waals surface area contributed by atoms with Gasteiger partial charge in [0.25, 0.3) is 0 Å². The molecular weight excluding hydrogens is 337 g/mol. The van der Waals surface area contributed by atoms with Crippen molar-refractivity contribution < 1.29 is 13.6 Å². The van der Waals surface area contributed by atoms with Crippen LogP contribution < -0.4 is 5.76 Å². The van der Waals surface area contributed by atoms with Crippen LogP contribution in [0.5, 0.6) is 0 Å². The normalized spacial score (nSPS) is 10.7. The molecule has 3 aromatic rings. The van der Waals surface area contributed by atoms with Crippen molar-refractivity contribution in [2.75, 3.05) is 7.05 Å². The third kappa shape index (κ3) is 4.05. The molecule has 134 valence electrons. The molecule has 0 saturated carbocycles. The second-order valence-corrected chi connectivity index (χ2v) is 6.07. The lowest BCUT2D eigenvalue weighted by molar-refractivity contribution is -0.131. The zero-order valence-corrected chi connectivity index (χ0v) is 14.5. The van der Waals surface area contributed by atoms with E-state index in [0.717, 1.165) is 15.8 Å². The molecule has 0 spiro atoms. The molecule has 1 amide bonds. The average molecular weight is 355 g/mol. The lowest BCUT2D eigenvalue weighted by Crippen LogP contribution is -2.33. The third-order valence-corrected chi connectivity index (χ3v) is 3.95. The van der Waals surface area contributed by atoms with Gasteiger partial charge in [0.1, 0.15) is 12.4 Å². The van der Waals surface area contributed by atoms with E-state index in [4.69, 9.17) is 4.42 Å². The number of likely N-dealkylation sites (N-methyl/N-ethyl adjacent to an activating group) is 1. The number of amides is 1. The summed E-state index contributed by atoms with van der Waals surface area (Å²) in [5.41, 5.74) is 2.60. The maximum absolute atomic E-state index is 13.0. The quantitative estimate of drug-likeness (QED) is 0.705.